The Labute approximate surface area is 92.8 Å². The molecule has 1 aromatic rings. The van der Waals surface area contributed by atoms with E-state index in [-0.39, 0.29) is 5.69 Å². The van der Waals surface area contributed by atoms with Crippen molar-refractivity contribution < 1.29 is 8.78 Å². The van der Waals surface area contributed by atoms with Crippen LogP contribution in [0.3, 0.4) is 0 Å². The Morgan fingerprint density at radius 2 is 2.19 bits per heavy atom. The van der Waals surface area contributed by atoms with Gasteiger partial charge in [-0.25, -0.2) is 8.78 Å². The molecule has 0 saturated carbocycles. The number of hydrogen-bond acceptors (Lipinski definition) is 2. The number of alkyl halides is 2. The fraction of sp³-hybridized carbons (Fsp3) is 0.167. The summed E-state index contributed by atoms with van der Waals surface area (Å²) in [6.45, 7) is 1.80. The zero-order chi connectivity index (χ0) is 12.0. The van der Waals surface area contributed by atoms with Crippen LogP contribution in [0.25, 0.3) is 6.08 Å². The molecule has 2 nitrogen and oxygen atoms in total. The summed E-state index contributed by atoms with van der Waals surface area (Å²) in [5.74, 6) is 0. The number of allylic oxidation sites excluding steroid dienone is 3. The van der Waals surface area contributed by atoms with Crippen LogP contribution in [0.15, 0.2) is 36.1 Å². The molecule has 0 spiro atoms. The van der Waals surface area contributed by atoms with Crippen LogP contribution < -0.4 is 0 Å². The minimum atomic E-state index is -2.53. The molecular formula is C12H12F2N2. The third-order valence-electron chi connectivity index (χ3n) is 1.91. The van der Waals surface area contributed by atoms with Gasteiger partial charge < -0.3 is 5.41 Å². The molecule has 0 fully saturated rings. The molecule has 0 aliphatic carbocycles. The number of nitrogens with zero attached hydrogens (tertiary/aromatic N) is 1. The Balaban J connectivity index is 2.72. The van der Waals surface area contributed by atoms with Crippen molar-refractivity contribution in [3.05, 3.63) is 47.3 Å². The van der Waals surface area contributed by atoms with Gasteiger partial charge in [0.25, 0.3) is 6.43 Å². The molecule has 0 unspecified atom stereocenters. The monoisotopic (exact) mass is 222 g/mol. The summed E-state index contributed by atoms with van der Waals surface area (Å²) in [4.78, 5) is 3.63. The molecule has 1 rings (SSSR count). The molecule has 1 aromatic heterocycles. The predicted molar refractivity (Wildman–Crippen MR) is 60.8 cm³/mol. The Bertz CT molecular complexity index is 406. The predicted octanol–water partition coefficient (Wildman–Crippen LogP) is 3.63. The van der Waals surface area contributed by atoms with Crippen LogP contribution in [0, 0.1) is 5.41 Å². The van der Waals surface area contributed by atoms with Crippen molar-refractivity contribution >= 4 is 12.3 Å². The quantitative estimate of drug-likeness (QED) is 0.613. The summed E-state index contributed by atoms with van der Waals surface area (Å²) < 4.78 is 24.4. The second kappa shape index (κ2) is 5.90. The Kier molecular flexibility index (Phi) is 4.51. The van der Waals surface area contributed by atoms with Crippen LogP contribution in [0.2, 0.25) is 0 Å². The molecule has 1 heterocycles. The first-order valence-electron chi connectivity index (χ1n) is 4.73. The van der Waals surface area contributed by atoms with Crippen molar-refractivity contribution in [2.24, 2.45) is 0 Å². The summed E-state index contributed by atoms with van der Waals surface area (Å²) >= 11 is 0. The molecule has 0 aliphatic rings. The van der Waals surface area contributed by atoms with Crippen molar-refractivity contribution in [1.82, 2.24) is 4.98 Å². The summed E-state index contributed by atoms with van der Waals surface area (Å²) in [7, 11) is 0. The van der Waals surface area contributed by atoms with Crippen molar-refractivity contribution in [2.75, 3.05) is 0 Å². The number of halogens is 2. The normalized spacial score (nSPS) is 12.4. The highest BCUT2D eigenvalue weighted by atomic mass is 19.3. The van der Waals surface area contributed by atoms with Crippen molar-refractivity contribution in [3.8, 4) is 0 Å². The molecule has 4 heteroatoms. The van der Waals surface area contributed by atoms with Crippen LogP contribution in [-0.2, 0) is 0 Å². The first kappa shape index (κ1) is 12.2. The third-order valence-corrected chi connectivity index (χ3v) is 1.91. The minimum Gasteiger partial charge on any atom is -0.308 e. The second-order valence-electron chi connectivity index (χ2n) is 3.23. The molecule has 0 atom stereocenters. The van der Waals surface area contributed by atoms with Gasteiger partial charge >= 0.3 is 0 Å². The van der Waals surface area contributed by atoms with Crippen LogP contribution in [0.1, 0.15) is 24.6 Å². The molecule has 0 radical (unpaired) electrons. The molecular weight excluding hydrogens is 210 g/mol. The Morgan fingerprint density at radius 3 is 2.69 bits per heavy atom. The van der Waals surface area contributed by atoms with E-state index in [1.807, 2.05) is 0 Å². The lowest BCUT2D eigenvalue weighted by Gasteiger charge is -1.97. The van der Waals surface area contributed by atoms with Crippen LogP contribution in [0.4, 0.5) is 8.78 Å². The van der Waals surface area contributed by atoms with Gasteiger partial charge in [-0.3, -0.25) is 4.98 Å². The first-order chi connectivity index (χ1) is 7.63. The van der Waals surface area contributed by atoms with Gasteiger partial charge in [-0.15, -0.1) is 0 Å². The zero-order valence-electron chi connectivity index (χ0n) is 8.82. The van der Waals surface area contributed by atoms with E-state index in [2.05, 4.69) is 4.98 Å². The van der Waals surface area contributed by atoms with E-state index in [0.717, 1.165) is 11.1 Å². The highest BCUT2D eigenvalue weighted by Gasteiger charge is 2.06. The van der Waals surface area contributed by atoms with Gasteiger partial charge in [0.05, 0.1) is 0 Å². The number of nitrogens with one attached hydrogen (secondary N) is 1. The van der Waals surface area contributed by atoms with Gasteiger partial charge in [0, 0.05) is 12.4 Å². The van der Waals surface area contributed by atoms with Gasteiger partial charge in [-0.05, 0) is 24.1 Å². The van der Waals surface area contributed by atoms with Crippen molar-refractivity contribution in [3.63, 3.8) is 0 Å². The van der Waals surface area contributed by atoms with Crippen LogP contribution >= 0.6 is 0 Å². The number of hydrogen-bond donors (Lipinski definition) is 1. The minimum absolute atomic E-state index is 0.219. The molecule has 84 valence electrons. The fourth-order valence-corrected chi connectivity index (χ4v) is 1.00. The van der Waals surface area contributed by atoms with Gasteiger partial charge in [0.1, 0.15) is 5.69 Å². The van der Waals surface area contributed by atoms with Gasteiger partial charge in [0.2, 0.25) is 0 Å². The molecule has 1 N–H and O–H groups in total. The summed E-state index contributed by atoms with van der Waals surface area (Å²) in [5.41, 5.74) is 1.34. The Morgan fingerprint density at radius 1 is 1.44 bits per heavy atom. The smallest absolute Gasteiger partial charge is 0.280 e. The number of rotatable bonds is 4. The van der Waals surface area contributed by atoms with Gasteiger partial charge in [0.15, 0.2) is 0 Å². The maximum atomic E-state index is 12.2. The topological polar surface area (TPSA) is 36.7 Å². The average molecular weight is 222 g/mol. The van der Waals surface area contributed by atoms with E-state index in [9.17, 15) is 8.78 Å². The maximum Gasteiger partial charge on any atom is 0.280 e. The highest BCUT2D eigenvalue weighted by molar-refractivity contribution is 5.75. The molecule has 16 heavy (non-hydrogen) atoms. The third kappa shape index (κ3) is 3.73. The average Bonchev–Trinajstić information content (AvgIpc) is 2.29. The highest BCUT2D eigenvalue weighted by Crippen LogP contribution is 2.16. The molecule has 0 amide bonds. The van der Waals surface area contributed by atoms with E-state index in [4.69, 9.17) is 5.41 Å². The summed E-state index contributed by atoms with van der Waals surface area (Å²) in [5, 5.41) is 6.94. The van der Waals surface area contributed by atoms with E-state index < -0.39 is 6.43 Å². The van der Waals surface area contributed by atoms with E-state index in [1.54, 1.807) is 31.2 Å². The molecule has 0 saturated heterocycles. The van der Waals surface area contributed by atoms with Crippen LogP contribution in [-0.4, -0.2) is 11.2 Å². The van der Waals surface area contributed by atoms with Crippen molar-refractivity contribution in [2.45, 2.75) is 13.3 Å². The lowest BCUT2D eigenvalue weighted by molar-refractivity contribution is 0.146. The van der Waals surface area contributed by atoms with Crippen LogP contribution in [0.5, 0.6) is 0 Å². The molecule has 0 aliphatic heterocycles. The van der Waals surface area contributed by atoms with Gasteiger partial charge in [-0.1, -0.05) is 24.3 Å². The number of aromatic nitrogens is 1. The lowest BCUT2D eigenvalue weighted by atomic mass is 10.2. The van der Waals surface area contributed by atoms with Crippen molar-refractivity contribution in [1.29, 1.82) is 5.41 Å². The van der Waals surface area contributed by atoms with E-state index >= 15 is 0 Å². The largest absolute Gasteiger partial charge is 0.308 e. The maximum absolute atomic E-state index is 12.2. The fourth-order valence-electron chi connectivity index (χ4n) is 1.00. The molecule has 0 bridgehead atoms. The summed E-state index contributed by atoms with van der Waals surface area (Å²) in [6, 6.07) is 2.89. The SMILES string of the molecule is C/C(C=N)=C/C=C/c1ccc(C(F)F)nc1. The Hall–Kier alpha value is -1.84. The first-order valence-corrected chi connectivity index (χ1v) is 4.73. The lowest BCUT2D eigenvalue weighted by Crippen LogP contribution is -1.88. The summed E-state index contributed by atoms with van der Waals surface area (Å²) in [6.07, 6.45) is 5.36. The van der Waals surface area contributed by atoms with Gasteiger partial charge in [-0.2, -0.15) is 0 Å². The van der Waals surface area contributed by atoms with E-state index in [0.29, 0.717) is 0 Å². The molecule has 0 aromatic carbocycles. The standard InChI is InChI=1S/C12H12F2N2/c1-9(7-15)3-2-4-10-5-6-11(12(13)14)16-8-10/h2-8,12,15H,1H3/b4-2+,9-3-,15-7?. The number of pyridine rings is 1. The second-order valence-corrected chi connectivity index (χ2v) is 3.23. The zero-order valence-corrected chi connectivity index (χ0v) is 8.82. The van der Waals surface area contributed by atoms with E-state index in [1.165, 1.54) is 18.5 Å².